The minimum absolute atomic E-state index is 0.161. The van der Waals surface area contributed by atoms with Gasteiger partial charge in [0.05, 0.1) is 14.2 Å². The van der Waals surface area contributed by atoms with E-state index in [1.807, 2.05) is 0 Å². The van der Waals surface area contributed by atoms with Crippen molar-refractivity contribution < 1.29 is 13.9 Å². The Balaban J connectivity index is 2.68. The Hall–Kier alpha value is -1.88. The van der Waals surface area contributed by atoms with Gasteiger partial charge in [0.25, 0.3) is 0 Å². The van der Waals surface area contributed by atoms with Gasteiger partial charge in [-0.15, -0.1) is 0 Å². The van der Waals surface area contributed by atoms with Crippen molar-refractivity contribution in [3.05, 3.63) is 35.5 Å². The number of ether oxygens (including phenoxy) is 2. The molecule has 2 aromatic rings. The highest BCUT2D eigenvalue weighted by atomic mass is 35.5. The van der Waals surface area contributed by atoms with E-state index >= 15 is 0 Å². The number of rotatable bonds is 3. The third-order valence-electron chi connectivity index (χ3n) is 2.38. The van der Waals surface area contributed by atoms with Crippen LogP contribution in [0.5, 0.6) is 11.5 Å². The number of hydrogen-bond donors (Lipinski definition) is 0. The fraction of sp³-hybridized carbons (Fsp3) is 0.167. The number of hydrogen-bond acceptors (Lipinski definition) is 4. The van der Waals surface area contributed by atoms with Gasteiger partial charge in [-0.2, -0.15) is 0 Å². The third kappa shape index (κ3) is 2.22. The molecule has 0 bridgehead atoms. The van der Waals surface area contributed by atoms with Crippen molar-refractivity contribution >= 4 is 11.6 Å². The van der Waals surface area contributed by atoms with Gasteiger partial charge in [-0.05, 0) is 18.2 Å². The van der Waals surface area contributed by atoms with Gasteiger partial charge in [-0.1, -0.05) is 11.6 Å². The monoisotopic (exact) mass is 268 g/mol. The van der Waals surface area contributed by atoms with E-state index in [4.69, 9.17) is 21.1 Å². The molecule has 0 aliphatic heterocycles. The van der Waals surface area contributed by atoms with Gasteiger partial charge in [0.1, 0.15) is 23.6 Å². The van der Waals surface area contributed by atoms with Crippen LogP contribution in [0.3, 0.4) is 0 Å². The molecule has 2 rings (SSSR count). The summed E-state index contributed by atoms with van der Waals surface area (Å²) in [6, 6.07) is 4.12. The van der Waals surface area contributed by atoms with Gasteiger partial charge in [0.15, 0.2) is 10.9 Å². The summed E-state index contributed by atoms with van der Waals surface area (Å²) in [6.07, 6.45) is 1.28. The molecule has 0 radical (unpaired) electrons. The van der Waals surface area contributed by atoms with E-state index in [1.165, 1.54) is 38.7 Å². The highest BCUT2D eigenvalue weighted by Crippen LogP contribution is 2.37. The Kier molecular flexibility index (Phi) is 3.62. The molecule has 6 heteroatoms. The average molecular weight is 269 g/mol. The Morgan fingerprint density at radius 2 is 1.94 bits per heavy atom. The molecule has 0 spiro atoms. The fourth-order valence-electron chi connectivity index (χ4n) is 1.59. The highest BCUT2D eigenvalue weighted by molar-refractivity contribution is 6.31. The Morgan fingerprint density at radius 3 is 2.61 bits per heavy atom. The average Bonchev–Trinajstić information content (AvgIpc) is 2.38. The molecular weight excluding hydrogens is 259 g/mol. The smallest absolute Gasteiger partial charge is 0.182 e. The standard InChI is InChI=1S/C12H10ClFN2O2/c1-17-9-4-3-7(14)5-8(9)10-11(18-2)12(13)16-6-15-10/h3-6H,1-2H3. The Bertz CT molecular complexity index is 578. The number of methoxy groups -OCH3 is 2. The Labute approximate surface area is 108 Å². The molecule has 4 nitrogen and oxygen atoms in total. The first kappa shape index (κ1) is 12.6. The van der Waals surface area contributed by atoms with Crippen molar-refractivity contribution in [2.75, 3.05) is 14.2 Å². The molecular formula is C12H10ClFN2O2. The molecule has 0 aliphatic carbocycles. The molecule has 94 valence electrons. The van der Waals surface area contributed by atoms with Gasteiger partial charge in [0, 0.05) is 5.56 Å². The third-order valence-corrected chi connectivity index (χ3v) is 2.65. The molecule has 0 atom stereocenters. The van der Waals surface area contributed by atoms with E-state index in [2.05, 4.69) is 9.97 Å². The molecule has 0 N–H and O–H groups in total. The first-order valence-electron chi connectivity index (χ1n) is 5.05. The summed E-state index contributed by atoms with van der Waals surface area (Å²) in [4.78, 5) is 7.87. The maximum Gasteiger partial charge on any atom is 0.182 e. The summed E-state index contributed by atoms with van der Waals surface area (Å²) in [5.41, 5.74) is 0.840. The van der Waals surface area contributed by atoms with E-state index in [0.717, 1.165) is 0 Å². The fourth-order valence-corrected chi connectivity index (χ4v) is 1.80. The summed E-state index contributed by atoms with van der Waals surface area (Å²) in [6.45, 7) is 0. The lowest BCUT2D eigenvalue weighted by molar-refractivity contribution is 0.407. The summed E-state index contributed by atoms with van der Waals surface area (Å²) in [5, 5.41) is 0.161. The van der Waals surface area contributed by atoms with Gasteiger partial charge in [-0.3, -0.25) is 0 Å². The van der Waals surface area contributed by atoms with Crippen LogP contribution < -0.4 is 9.47 Å². The van der Waals surface area contributed by atoms with Gasteiger partial charge >= 0.3 is 0 Å². The second-order valence-electron chi connectivity index (χ2n) is 3.39. The number of aromatic nitrogens is 2. The summed E-state index contributed by atoms with van der Waals surface area (Å²) < 4.78 is 23.6. The lowest BCUT2D eigenvalue weighted by atomic mass is 10.1. The molecule has 0 saturated carbocycles. The lowest BCUT2D eigenvalue weighted by Gasteiger charge is -2.11. The maximum atomic E-state index is 13.3. The largest absolute Gasteiger partial charge is 0.496 e. The normalized spacial score (nSPS) is 10.2. The Morgan fingerprint density at radius 1 is 1.17 bits per heavy atom. The van der Waals surface area contributed by atoms with Crippen molar-refractivity contribution in [2.24, 2.45) is 0 Å². The van der Waals surface area contributed by atoms with Gasteiger partial charge in [-0.25, -0.2) is 14.4 Å². The molecule has 0 saturated heterocycles. The highest BCUT2D eigenvalue weighted by Gasteiger charge is 2.16. The topological polar surface area (TPSA) is 44.2 Å². The number of halogens is 2. The quantitative estimate of drug-likeness (QED) is 0.803. The van der Waals surface area contributed by atoms with Crippen molar-refractivity contribution in [1.82, 2.24) is 9.97 Å². The maximum absolute atomic E-state index is 13.3. The van der Waals surface area contributed by atoms with Crippen LogP contribution in [0.25, 0.3) is 11.3 Å². The predicted molar refractivity (Wildman–Crippen MR) is 65.5 cm³/mol. The van der Waals surface area contributed by atoms with Crippen LogP contribution in [0.2, 0.25) is 5.15 Å². The van der Waals surface area contributed by atoms with Crippen LogP contribution in [-0.4, -0.2) is 24.2 Å². The summed E-state index contributed by atoms with van der Waals surface area (Å²) in [5.74, 6) is 0.357. The van der Waals surface area contributed by atoms with Gasteiger partial charge < -0.3 is 9.47 Å². The van der Waals surface area contributed by atoms with Gasteiger partial charge in [0.2, 0.25) is 0 Å². The zero-order chi connectivity index (χ0) is 13.1. The molecule has 0 amide bonds. The molecule has 0 aliphatic rings. The number of benzene rings is 1. The van der Waals surface area contributed by atoms with Crippen molar-refractivity contribution in [3.63, 3.8) is 0 Å². The lowest BCUT2D eigenvalue weighted by Crippen LogP contribution is -1.97. The zero-order valence-corrected chi connectivity index (χ0v) is 10.5. The van der Waals surface area contributed by atoms with E-state index in [9.17, 15) is 4.39 Å². The van der Waals surface area contributed by atoms with E-state index in [1.54, 1.807) is 0 Å². The molecule has 0 unspecified atom stereocenters. The first-order chi connectivity index (χ1) is 8.67. The van der Waals surface area contributed by atoms with Crippen LogP contribution >= 0.6 is 11.6 Å². The van der Waals surface area contributed by atoms with Crippen LogP contribution in [0.4, 0.5) is 4.39 Å². The van der Waals surface area contributed by atoms with E-state index in [-0.39, 0.29) is 10.9 Å². The molecule has 0 fully saturated rings. The molecule has 1 aromatic carbocycles. The molecule has 18 heavy (non-hydrogen) atoms. The van der Waals surface area contributed by atoms with Crippen LogP contribution in [0.15, 0.2) is 24.5 Å². The van der Waals surface area contributed by atoms with Crippen molar-refractivity contribution in [2.45, 2.75) is 0 Å². The van der Waals surface area contributed by atoms with E-state index < -0.39 is 5.82 Å². The van der Waals surface area contributed by atoms with Crippen molar-refractivity contribution in [1.29, 1.82) is 0 Å². The minimum atomic E-state index is -0.400. The summed E-state index contributed by atoms with van der Waals surface area (Å²) >= 11 is 5.90. The van der Waals surface area contributed by atoms with Crippen LogP contribution in [0.1, 0.15) is 0 Å². The first-order valence-corrected chi connectivity index (χ1v) is 5.43. The molecule has 1 heterocycles. The van der Waals surface area contributed by atoms with Crippen molar-refractivity contribution in [3.8, 4) is 22.8 Å². The second kappa shape index (κ2) is 5.18. The SMILES string of the molecule is COc1ccc(F)cc1-c1ncnc(Cl)c1OC. The second-order valence-corrected chi connectivity index (χ2v) is 3.75. The molecule has 1 aromatic heterocycles. The van der Waals surface area contributed by atoms with E-state index in [0.29, 0.717) is 17.0 Å². The summed E-state index contributed by atoms with van der Waals surface area (Å²) in [7, 11) is 2.94. The van der Waals surface area contributed by atoms with Crippen LogP contribution in [0, 0.1) is 5.82 Å². The zero-order valence-electron chi connectivity index (χ0n) is 9.78. The minimum Gasteiger partial charge on any atom is -0.496 e. The number of nitrogens with zero attached hydrogens (tertiary/aromatic N) is 2. The predicted octanol–water partition coefficient (Wildman–Crippen LogP) is 2.95. The van der Waals surface area contributed by atoms with Crippen LogP contribution in [-0.2, 0) is 0 Å².